The largest absolute Gasteiger partial charge is 0.345 e. The van der Waals surface area contributed by atoms with E-state index < -0.39 is 0 Å². The molecule has 1 fully saturated rings. The quantitative estimate of drug-likeness (QED) is 0.309. The molecule has 3 heteroatoms. The van der Waals surface area contributed by atoms with Crippen molar-refractivity contribution in [3.05, 3.63) is 30.0 Å². The maximum Gasteiger partial charge on any atom is 0.209 e. The van der Waals surface area contributed by atoms with Crippen LogP contribution in [-0.2, 0) is 4.79 Å². The van der Waals surface area contributed by atoms with Crippen LogP contribution in [0.25, 0.3) is 0 Å². The third-order valence-electron chi connectivity index (χ3n) is 2.36. The summed E-state index contributed by atoms with van der Waals surface area (Å²) in [5.74, 6) is 0.328. The molecule has 1 heterocycles. The number of likely N-dealkylation sites (tertiary alicyclic amines) is 1. The molecule has 0 aromatic heterocycles. The highest BCUT2D eigenvalue weighted by Crippen LogP contribution is 2.22. The van der Waals surface area contributed by atoms with Crippen LogP contribution in [0.5, 0.6) is 0 Å². The van der Waals surface area contributed by atoms with Gasteiger partial charge in [0.05, 0.1) is 0 Å². The van der Waals surface area contributed by atoms with E-state index in [1.807, 2.05) is 0 Å². The van der Waals surface area contributed by atoms with E-state index in [9.17, 15) is 4.79 Å². The Morgan fingerprint density at radius 2 is 2.43 bits per heavy atom. The van der Waals surface area contributed by atoms with Gasteiger partial charge in [-0.2, -0.15) is 0 Å². The standard InChI is InChI=1S/C11H14N2O/c1-2-10(4-3-6-12)11-5-7-13(8-11)9-14/h2-3,6,9,11-12H,1,5,7-8H2. The zero-order valence-electron chi connectivity index (χ0n) is 8.07. The number of nitrogens with zero attached hydrogens (tertiary/aromatic N) is 1. The van der Waals surface area contributed by atoms with Crippen LogP contribution in [0.4, 0.5) is 0 Å². The molecular weight excluding hydrogens is 176 g/mol. The molecule has 1 unspecified atom stereocenters. The molecule has 1 aliphatic heterocycles. The van der Waals surface area contributed by atoms with Crippen molar-refractivity contribution >= 4 is 12.6 Å². The summed E-state index contributed by atoms with van der Waals surface area (Å²) in [5.41, 5.74) is 3.98. The maximum absolute atomic E-state index is 10.5. The Labute approximate surface area is 83.9 Å². The van der Waals surface area contributed by atoms with E-state index in [0.717, 1.165) is 31.5 Å². The van der Waals surface area contributed by atoms with Crippen molar-refractivity contribution in [2.45, 2.75) is 6.42 Å². The van der Waals surface area contributed by atoms with E-state index in [0.29, 0.717) is 5.92 Å². The smallest absolute Gasteiger partial charge is 0.209 e. The van der Waals surface area contributed by atoms with E-state index in [1.165, 1.54) is 6.21 Å². The summed E-state index contributed by atoms with van der Waals surface area (Å²) in [7, 11) is 0. The van der Waals surface area contributed by atoms with Gasteiger partial charge in [-0.3, -0.25) is 4.79 Å². The fourth-order valence-electron chi connectivity index (χ4n) is 1.62. The molecule has 14 heavy (non-hydrogen) atoms. The Hall–Kier alpha value is -1.60. The zero-order chi connectivity index (χ0) is 10.4. The summed E-state index contributed by atoms with van der Waals surface area (Å²) in [4.78, 5) is 12.3. The molecule has 1 amide bonds. The van der Waals surface area contributed by atoms with Gasteiger partial charge < -0.3 is 10.3 Å². The lowest BCUT2D eigenvalue weighted by Crippen LogP contribution is -2.18. The van der Waals surface area contributed by atoms with Crippen molar-refractivity contribution in [3.63, 3.8) is 0 Å². The van der Waals surface area contributed by atoms with Crippen LogP contribution in [-0.4, -0.2) is 30.6 Å². The lowest BCUT2D eigenvalue weighted by atomic mass is 9.99. The Morgan fingerprint density at radius 3 is 2.93 bits per heavy atom. The summed E-state index contributed by atoms with van der Waals surface area (Å²) in [5, 5.41) is 6.86. The zero-order valence-corrected chi connectivity index (χ0v) is 8.07. The number of carbonyl (C=O) groups is 1. The van der Waals surface area contributed by atoms with Gasteiger partial charge in [0.1, 0.15) is 0 Å². The number of amides is 1. The Bertz CT molecular complexity index is 300. The number of rotatable bonds is 4. The highest BCUT2D eigenvalue weighted by molar-refractivity contribution is 5.67. The lowest BCUT2D eigenvalue weighted by Gasteiger charge is -2.09. The first-order valence-corrected chi connectivity index (χ1v) is 4.59. The Balaban J connectivity index is 2.73. The van der Waals surface area contributed by atoms with Crippen molar-refractivity contribution in [2.75, 3.05) is 13.1 Å². The van der Waals surface area contributed by atoms with E-state index in [1.54, 1.807) is 17.1 Å². The van der Waals surface area contributed by atoms with Crippen molar-refractivity contribution in [3.8, 4) is 0 Å². The van der Waals surface area contributed by atoms with Gasteiger partial charge in [-0.05, 0) is 18.1 Å². The van der Waals surface area contributed by atoms with Crippen LogP contribution >= 0.6 is 0 Å². The van der Waals surface area contributed by atoms with E-state index in [2.05, 4.69) is 12.3 Å². The molecule has 74 valence electrons. The van der Waals surface area contributed by atoms with Gasteiger partial charge in [0.15, 0.2) is 0 Å². The summed E-state index contributed by atoms with van der Waals surface area (Å²) in [6, 6.07) is 0. The summed E-state index contributed by atoms with van der Waals surface area (Å²) in [6.45, 7) is 5.25. The minimum atomic E-state index is 0.328. The summed E-state index contributed by atoms with van der Waals surface area (Å²) in [6.07, 6.45) is 6.33. The second-order valence-electron chi connectivity index (χ2n) is 3.22. The number of hydrogen-bond donors (Lipinski definition) is 1. The monoisotopic (exact) mass is 190 g/mol. The number of nitrogens with one attached hydrogen (secondary N) is 1. The maximum atomic E-state index is 10.5. The van der Waals surface area contributed by atoms with Crippen LogP contribution in [0.15, 0.2) is 30.0 Å². The molecule has 1 atom stereocenters. The predicted octanol–water partition coefficient (Wildman–Crippen LogP) is 1.38. The number of allylic oxidation sites excluding steroid dienone is 1. The van der Waals surface area contributed by atoms with E-state index >= 15 is 0 Å². The lowest BCUT2D eigenvalue weighted by molar-refractivity contribution is -0.117. The average Bonchev–Trinajstić information content (AvgIpc) is 2.68. The predicted molar refractivity (Wildman–Crippen MR) is 56.3 cm³/mol. The Kier molecular flexibility index (Phi) is 3.89. The van der Waals surface area contributed by atoms with Gasteiger partial charge in [-0.25, -0.2) is 0 Å². The van der Waals surface area contributed by atoms with Crippen LogP contribution in [0.3, 0.4) is 0 Å². The summed E-state index contributed by atoms with van der Waals surface area (Å²) < 4.78 is 0. The first-order chi connectivity index (χ1) is 6.81. The van der Waals surface area contributed by atoms with Gasteiger partial charge in [-0.15, -0.1) is 5.73 Å². The minimum Gasteiger partial charge on any atom is -0.345 e. The molecule has 0 bridgehead atoms. The number of hydrogen-bond acceptors (Lipinski definition) is 2. The van der Waals surface area contributed by atoms with E-state index in [4.69, 9.17) is 5.41 Å². The van der Waals surface area contributed by atoms with Crippen LogP contribution in [0.1, 0.15) is 6.42 Å². The molecule has 1 rings (SSSR count). The third-order valence-corrected chi connectivity index (χ3v) is 2.36. The molecule has 0 aliphatic carbocycles. The molecule has 0 spiro atoms. The van der Waals surface area contributed by atoms with Crippen molar-refractivity contribution in [1.82, 2.24) is 4.90 Å². The highest BCUT2D eigenvalue weighted by Gasteiger charge is 2.22. The van der Waals surface area contributed by atoms with Crippen LogP contribution in [0.2, 0.25) is 0 Å². The van der Waals surface area contributed by atoms with Gasteiger partial charge in [-0.1, -0.05) is 12.7 Å². The molecular formula is C11H14N2O. The van der Waals surface area contributed by atoms with Crippen LogP contribution in [0, 0.1) is 11.3 Å². The highest BCUT2D eigenvalue weighted by atomic mass is 16.1. The summed E-state index contributed by atoms with van der Waals surface area (Å²) >= 11 is 0. The fraction of sp³-hybridized carbons (Fsp3) is 0.364. The molecule has 0 aromatic rings. The third kappa shape index (κ3) is 2.44. The molecule has 1 N–H and O–H groups in total. The molecule has 3 nitrogen and oxygen atoms in total. The van der Waals surface area contributed by atoms with Crippen molar-refractivity contribution in [1.29, 1.82) is 5.41 Å². The average molecular weight is 190 g/mol. The molecule has 0 radical (unpaired) electrons. The van der Waals surface area contributed by atoms with Crippen molar-refractivity contribution in [2.24, 2.45) is 5.92 Å². The van der Waals surface area contributed by atoms with Gasteiger partial charge in [0.2, 0.25) is 6.41 Å². The second-order valence-corrected chi connectivity index (χ2v) is 3.22. The van der Waals surface area contributed by atoms with E-state index in [-0.39, 0.29) is 0 Å². The van der Waals surface area contributed by atoms with Crippen LogP contribution < -0.4 is 0 Å². The van der Waals surface area contributed by atoms with Crippen molar-refractivity contribution < 1.29 is 4.79 Å². The first kappa shape index (κ1) is 10.5. The SMILES string of the molecule is C=CC(=C=CC=N)C1CCN(C=O)C1. The fourth-order valence-corrected chi connectivity index (χ4v) is 1.62. The minimum absolute atomic E-state index is 0.328. The van der Waals surface area contributed by atoms with Gasteiger partial charge in [0.25, 0.3) is 0 Å². The molecule has 0 aromatic carbocycles. The molecule has 1 saturated heterocycles. The van der Waals surface area contributed by atoms with Gasteiger partial charge in [0, 0.05) is 25.2 Å². The van der Waals surface area contributed by atoms with Gasteiger partial charge >= 0.3 is 0 Å². The second kappa shape index (κ2) is 5.20. The molecule has 1 aliphatic rings. The first-order valence-electron chi connectivity index (χ1n) is 4.59. The topological polar surface area (TPSA) is 44.2 Å². The Morgan fingerprint density at radius 1 is 1.64 bits per heavy atom. The number of carbonyl (C=O) groups excluding carboxylic acids is 1. The normalized spacial score (nSPS) is 19.7. The molecule has 0 saturated carbocycles.